The van der Waals surface area contributed by atoms with Crippen LogP contribution in [0.1, 0.15) is 31.4 Å². The average molecular weight is 220 g/mol. The first-order valence-corrected chi connectivity index (χ1v) is 5.71. The van der Waals surface area contributed by atoms with Crippen LogP contribution in [0.5, 0.6) is 5.75 Å². The zero-order chi connectivity index (χ0) is 12.1. The van der Waals surface area contributed by atoms with Gasteiger partial charge in [0.25, 0.3) is 0 Å². The lowest BCUT2D eigenvalue weighted by Gasteiger charge is -2.08. The van der Waals surface area contributed by atoms with Crippen LogP contribution in [-0.4, -0.2) is 12.9 Å². The minimum Gasteiger partial charge on any atom is -0.497 e. The van der Waals surface area contributed by atoms with E-state index in [1.165, 1.54) is 11.1 Å². The topological polar surface area (TPSA) is 26.3 Å². The Morgan fingerprint density at radius 1 is 1.38 bits per heavy atom. The van der Waals surface area contributed by atoms with Crippen LogP contribution in [0, 0.1) is 12.8 Å². The largest absolute Gasteiger partial charge is 0.497 e. The number of methoxy groups -OCH3 is 1. The Bertz CT molecular complexity index is 367. The highest BCUT2D eigenvalue weighted by Crippen LogP contribution is 2.18. The van der Waals surface area contributed by atoms with E-state index in [1.807, 2.05) is 32.0 Å². The Hall–Kier alpha value is -1.31. The standard InChI is InChI=1S/C14H20O2/c1-10(2)14(15)8-6-12-5-7-13(16-4)9-11(12)3/h5,7,9-10H,6,8H2,1-4H3. The molecule has 1 rings (SSSR count). The Labute approximate surface area is 97.6 Å². The summed E-state index contributed by atoms with van der Waals surface area (Å²) in [4.78, 5) is 11.5. The van der Waals surface area contributed by atoms with E-state index in [0.717, 1.165) is 12.2 Å². The van der Waals surface area contributed by atoms with Crippen LogP contribution in [0.3, 0.4) is 0 Å². The number of benzene rings is 1. The Kier molecular flexibility index (Phi) is 4.53. The molecule has 0 aliphatic rings. The van der Waals surface area contributed by atoms with E-state index in [4.69, 9.17) is 4.74 Å². The summed E-state index contributed by atoms with van der Waals surface area (Å²) in [6.07, 6.45) is 1.46. The van der Waals surface area contributed by atoms with Crippen LogP contribution in [0.25, 0.3) is 0 Å². The van der Waals surface area contributed by atoms with Crippen molar-refractivity contribution in [2.75, 3.05) is 7.11 Å². The van der Waals surface area contributed by atoms with Gasteiger partial charge in [0, 0.05) is 12.3 Å². The Morgan fingerprint density at radius 2 is 2.06 bits per heavy atom. The number of rotatable bonds is 5. The van der Waals surface area contributed by atoms with Gasteiger partial charge in [-0.1, -0.05) is 19.9 Å². The van der Waals surface area contributed by atoms with Gasteiger partial charge in [-0.25, -0.2) is 0 Å². The van der Waals surface area contributed by atoms with Gasteiger partial charge < -0.3 is 4.74 Å². The van der Waals surface area contributed by atoms with Gasteiger partial charge >= 0.3 is 0 Å². The molecule has 0 saturated carbocycles. The van der Waals surface area contributed by atoms with Crippen molar-refractivity contribution in [1.29, 1.82) is 0 Å². The summed E-state index contributed by atoms with van der Waals surface area (Å²) in [5, 5.41) is 0. The molecular weight excluding hydrogens is 200 g/mol. The first-order valence-electron chi connectivity index (χ1n) is 5.71. The number of hydrogen-bond acceptors (Lipinski definition) is 2. The van der Waals surface area contributed by atoms with Gasteiger partial charge in [-0.2, -0.15) is 0 Å². The number of hydrogen-bond donors (Lipinski definition) is 0. The van der Waals surface area contributed by atoms with Gasteiger partial charge in [-0.05, 0) is 36.6 Å². The molecule has 0 aliphatic carbocycles. The summed E-state index contributed by atoms with van der Waals surface area (Å²) in [5.74, 6) is 1.34. The number of ether oxygens (including phenoxy) is 1. The van der Waals surface area contributed by atoms with Gasteiger partial charge in [-0.15, -0.1) is 0 Å². The summed E-state index contributed by atoms with van der Waals surface area (Å²) in [6.45, 7) is 5.95. The third kappa shape index (κ3) is 3.37. The van der Waals surface area contributed by atoms with Crippen LogP contribution < -0.4 is 4.74 Å². The summed E-state index contributed by atoms with van der Waals surface area (Å²) in [5.41, 5.74) is 2.42. The molecule has 0 aromatic heterocycles. The quantitative estimate of drug-likeness (QED) is 0.762. The highest BCUT2D eigenvalue weighted by atomic mass is 16.5. The van der Waals surface area contributed by atoms with Crippen molar-refractivity contribution in [3.63, 3.8) is 0 Å². The molecule has 88 valence electrons. The van der Waals surface area contributed by atoms with Crippen LogP contribution in [-0.2, 0) is 11.2 Å². The molecule has 0 N–H and O–H groups in total. The zero-order valence-electron chi connectivity index (χ0n) is 10.5. The molecule has 0 saturated heterocycles. The minimum atomic E-state index is 0.138. The third-order valence-electron chi connectivity index (χ3n) is 2.83. The lowest BCUT2D eigenvalue weighted by Crippen LogP contribution is -2.08. The smallest absolute Gasteiger partial charge is 0.135 e. The monoisotopic (exact) mass is 220 g/mol. The molecule has 0 amide bonds. The Balaban J connectivity index is 2.64. The average Bonchev–Trinajstić information content (AvgIpc) is 2.26. The van der Waals surface area contributed by atoms with E-state index < -0.39 is 0 Å². The molecule has 0 aliphatic heterocycles. The van der Waals surface area contributed by atoms with Crippen molar-refractivity contribution in [2.45, 2.75) is 33.6 Å². The molecule has 0 radical (unpaired) electrons. The number of ketones is 1. The maximum Gasteiger partial charge on any atom is 0.135 e. The predicted molar refractivity (Wildman–Crippen MR) is 65.9 cm³/mol. The SMILES string of the molecule is COc1ccc(CCC(=O)C(C)C)c(C)c1. The van der Waals surface area contributed by atoms with Crippen LogP contribution in [0.4, 0.5) is 0 Å². The molecule has 1 aromatic rings. The van der Waals surface area contributed by atoms with Gasteiger partial charge in [0.05, 0.1) is 7.11 Å². The van der Waals surface area contributed by atoms with Crippen molar-refractivity contribution >= 4 is 5.78 Å². The first kappa shape index (κ1) is 12.8. The van der Waals surface area contributed by atoms with Gasteiger partial charge in [0.1, 0.15) is 11.5 Å². The molecule has 0 heterocycles. The van der Waals surface area contributed by atoms with Gasteiger partial charge in [0.15, 0.2) is 0 Å². The van der Waals surface area contributed by atoms with Crippen molar-refractivity contribution in [3.8, 4) is 5.75 Å². The predicted octanol–water partition coefficient (Wildman–Crippen LogP) is 3.16. The summed E-state index contributed by atoms with van der Waals surface area (Å²) in [6, 6.07) is 6.00. The fourth-order valence-electron chi connectivity index (χ4n) is 1.62. The van der Waals surface area contributed by atoms with Crippen LogP contribution >= 0.6 is 0 Å². The van der Waals surface area contributed by atoms with Crippen LogP contribution in [0.15, 0.2) is 18.2 Å². The summed E-state index contributed by atoms with van der Waals surface area (Å²) < 4.78 is 5.15. The van der Waals surface area contributed by atoms with Gasteiger partial charge in [0.2, 0.25) is 0 Å². The van der Waals surface area contributed by atoms with E-state index in [1.54, 1.807) is 7.11 Å². The molecule has 16 heavy (non-hydrogen) atoms. The maximum absolute atomic E-state index is 11.5. The number of carbonyl (C=O) groups excluding carboxylic acids is 1. The van der Waals surface area contributed by atoms with Crippen molar-refractivity contribution in [2.24, 2.45) is 5.92 Å². The van der Waals surface area contributed by atoms with Gasteiger partial charge in [-0.3, -0.25) is 4.79 Å². The third-order valence-corrected chi connectivity index (χ3v) is 2.83. The molecule has 2 nitrogen and oxygen atoms in total. The summed E-state index contributed by atoms with van der Waals surface area (Å²) in [7, 11) is 1.66. The molecule has 0 spiro atoms. The van der Waals surface area contributed by atoms with E-state index in [9.17, 15) is 4.79 Å². The fraction of sp³-hybridized carbons (Fsp3) is 0.500. The first-order chi connectivity index (χ1) is 7.54. The minimum absolute atomic E-state index is 0.138. The maximum atomic E-state index is 11.5. The van der Waals surface area contributed by atoms with E-state index >= 15 is 0 Å². The van der Waals surface area contributed by atoms with E-state index in [-0.39, 0.29) is 5.92 Å². The number of aryl methyl sites for hydroxylation is 2. The molecule has 0 fully saturated rings. The number of Topliss-reactive ketones (excluding diaryl/α,β-unsaturated/α-hetero) is 1. The second kappa shape index (κ2) is 5.69. The van der Waals surface area contributed by atoms with Crippen molar-refractivity contribution in [3.05, 3.63) is 29.3 Å². The number of carbonyl (C=O) groups is 1. The molecule has 0 bridgehead atoms. The second-order valence-corrected chi connectivity index (χ2v) is 4.41. The lowest BCUT2D eigenvalue weighted by atomic mass is 9.98. The molecule has 2 heteroatoms. The fourth-order valence-corrected chi connectivity index (χ4v) is 1.62. The highest BCUT2D eigenvalue weighted by Gasteiger charge is 2.08. The zero-order valence-corrected chi connectivity index (χ0v) is 10.5. The van der Waals surface area contributed by atoms with E-state index in [2.05, 4.69) is 6.92 Å². The molecule has 0 unspecified atom stereocenters. The van der Waals surface area contributed by atoms with Crippen molar-refractivity contribution in [1.82, 2.24) is 0 Å². The second-order valence-electron chi connectivity index (χ2n) is 4.41. The summed E-state index contributed by atoms with van der Waals surface area (Å²) >= 11 is 0. The van der Waals surface area contributed by atoms with Crippen molar-refractivity contribution < 1.29 is 9.53 Å². The van der Waals surface area contributed by atoms with Crippen LogP contribution in [0.2, 0.25) is 0 Å². The lowest BCUT2D eigenvalue weighted by molar-refractivity contribution is -0.121. The van der Waals surface area contributed by atoms with E-state index in [0.29, 0.717) is 12.2 Å². The normalized spacial score (nSPS) is 10.6. The Morgan fingerprint density at radius 3 is 2.56 bits per heavy atom. The molecule has 0 atom stereocenters. The molecular formula is C14H20O2. The molecule has 1 aromatic carbocycles. The highest BCUT2D eigenvalue weighted by molar-refractivity contribution is 5.80.